The average molecular weight is 374 g/mol. The fraction of sp³-hybridized carbons (Fsp3) is 0.333. The first-order chi connectivity index (χ1) is 12.5. The minimum atomic E-state index is -1.08. The van der Waals surface area contributed by atoms with Crippen molar-refractivity contribution in [1.82, 2.24) is 15.1 Å². The lowest BCUT2D eigenvalue weighted by Crippen LogP contribution is -2.19. The Kier molecular flexibility index (Phi) is 5.80. The molecule has 0 unspecified atom stereocenters. The number of halogens is 1. The zero-order valence-electron chi connectivity index (χ0n) is 14.4. The largest absolute Gasteiger partial charge is 0.477 e. The van der Waals surface area contributed by atoms with Crippen molar-refractivity contribution in [1.29, 1.82) is 0 Å². The van der Waals surface area contributed by atoms with Crippen LogP contribution in [0, 0.1) is 0 Å². The molecule has 1 fully saturated rings. The lowest BCUT2D eigenvalue weighted by atomic mass is 10.1. The Bertz CT molecular complexity index is 817. The van der Waals surface area contributed by atoms with Gasteiger partial charge in [-0.05, 0) is 56.6 Å². The van der Waals surface area contributed by atoms with Gasteiger partial charge in [0.15, 0.2) is 5.82 Å². The van der Waals surface area contributed by atoms with Crippen molar-refractivity contribution in [3.63, 3.8) is 0 Å². The molecule has 2 aromatic rings. The Morgan fingerprint density at radius 2 is 1.96 bits per heavy atom. The highest BCUT2D eigenvalue weighted by Crippen LogP contribution is 2.26. The minimum absolute atomic E-state index is 0.0466. The maximum atomic E-state index is 10.9. The third-order valence-electron chi connectivity index (χ3n) is 4.23. The molecule has 1 saturated heterocycles. The van der Waals surface area contributed by atoms with Gasteiger partial charge in [0.1, 0.15) is 5.71 Å². The summed E-state index contributed by atoms with van der Waals surface area (Å²) in [4.78, 5) is 13.2. The predicted molar refractivity (Wildman–Crippen MR) is 101 cm³/mol. The molecule has 8 heteroatoms. The number of aliphatic carboxylic acids is 1. The molecule has 0 atom stereocenters. The van der Waals surface area contributed by atoms with Gasteiger partial charge in [0.25, 0.3) is 0 Å². The van der Waals surface area contributed by atoms with Crippen LogP contribution in [0.5, 0.6) is 0 Å². The summed E-state index contributed by atoms with van der Waals surface area (Å²) in [5, 5.41) is 21.9. The van der Waals surface area contributed by atoms with E-state index >= 15 is 0 Å². The van der Waals surface area contributed by atoms with E-state index in [4.69, 9.17) is 16.7 Å². The van der Waals surface area contributed by atoms with Gasteiger partial charge < -0.3 is 5.11 Å². The van der Waals surface area contributed by atoms with Crippen LogP contribution in [-0.4, -0.2) is 45.0 Å². The lowest BCUT2D eigenvalue weighted by Gasteiger charge is -2.17. The molecule has 136 valence electrons. The van der Waals surface area contributed by atoms with Gasteiger partial charge >= 0.3 is 5.97 Å². The van der Waals surface area contributed by atoms with E-state index in [0.717, 1.165) is 36.5 Å². The van der Waals surface area contributed by atoms with Gasteiger partial charge in [-0.3, -0.25) is 10.3 Å². The molecule has 0 saturated carbocycles. The van der Waals surface area contributed by atoms with Crippen molar-refractivity contribution in [2.75, 3.05) is 18.5 Å². The zero-order chi connectivity index (χ0) is 18.5. The topological polar surface area (TPSA) is 90.7 Å². The van der Waals surface area contributed by atoms with E-state index < -0.39 is 5.97 Å². The van der Waals surface area contributed by atoms with Gasteiger partial charge in [-0.1, -0.05) is 23.7 Å². The SMILES string of the molecule is CC(=NNc1cc(CN2CCCC2)c(-c2ccc(Cl)cc2)nn1)C(=O)O. The normalized spacial score (nSPS) is 15.2. The highest BCUT2D eigenvalue weighted by Gasteiger charge is 2.17. The number of carboxylic acid groups (broad SMARTS) is 1. The monoisotopic (exact) mass is 373 g/mol. The average Bonchev–Trinajstić information content (AvgIpc) is 3.13. The first-order valence-electron chi connectivity index (χ1n) is 8.41. The van der Waals surface area contributed by atoms with Gasteiger partial charge in [0, 0.05) is 17.1 Å². The smallest absolute Gasteiger partial charge is 0.351 e. The molecule has 7 nitrogen and oxygen atoms in total. The van der Waals surface area contributed by atoms with Crippen molar-refractivity contribution in [3.05, 3.63) is 40.9 Å². The molecule has 0 radical (unpaired) electrons. The number of carboxylic acids is 1. The number of aromatic nitrogens is 2. The third-order valence-corrected chi connectivity index (χ3v) is 4.48. The molecule has 0 bridgehead atoms. The number of hydrazone groups is 1. The molecule has 2 heterocycles. The van der Waals surface area contributed by atoms with E-state index in [9.17, 15) is 4.79 Å². The summed E-state index contributed by atoms with van der Waals surface area (Å²) in [7, 11) is 0. The van der Waals surface area contributed by atoms with E-state index in [1.54, 1.807) is 0 Å². The molecule has 1 aromatic carbocycles. The van der Waals surface area contributed by atoms with Gasteiger partial charge in [-0.25, -0.2) is 4.79 Å². The summed E-state index contributed by atoms with van der Waals surface area (Å²) < 4.78 is 0. The fourth-order valence-electron chi connectivity index (χ4n) is 2.83. The van der Waals surface area contributed by atoms with Crippen LogP contribution in [-0.2, 0) is 11.3 Å². The number of hydrogen-bond donors (Lipinski definition) is 2. The number of benzene rings is 1. The lowest BCUT2D eigenvalue weighted by molar-refractivity contribution is -0.129. The van der Waals surface area contributed by atoms with Crippen molar-refractivity contribution in [3.8, 4) is 11.3 Å². The Morgan fingerprint density at radius 3 is 2.62 bits per heavy atom. The van der Waals surface area contributed by atoms with Gasteiger partial charge in [-0.2, -0.15) is 5.10 Å². The second kappa shape index (κ2) is 8.25. The predicted octanol–water partition coefficient (Wildman–Crippen LogP) is 3.27. The van der Waals surface area contributed by atoms with Crippen LogP contribution in [0.25, 0.3) is 11.3 Å². The molecule has 1 aliphatic heterocycles. The highest BCUT2D eigenvalue weighted by molar-refractivity contribution is 6.34. The Labute approximate surface area is 156 Å². The molecule has 1 aromatic heterocycles. The molecule has 2 N–H and O–H groups in total. The van der Waals surface area contributed by atoms with Crippen molar-refractivity contribution in [2.45, 2.75) is 26.3 Å². The maximum absolute atomic E-state index is 10.9. The van der Waals surface area contributed by atoms with Crippen LogP contribution in [0.2, 0.25) is 5.02 Å². The summed E-state index contributed by atoms with van der Waals surface area (Å²) in [5.74, 6) is -0.668. The summed E-state index contributed by atoms with van der Waals surface area (Å²) in [5.41, 5.74) is 5.36. The third kappa shape index (κ3) is 4.56. The van der Waals surface area contributed by atoms with Gasteiger partial charge in [-0.15, -0.1) is 10.2 Å². The van der Waals surface area contributed by atoms with E-state index in [2.05, 4.69) is 25.6 Å². The summed E-state index contributed by atoms with van der Waals surface area (Å²) in [6.07, 6.45) is 2.39. The second-order valence-corrected chi connectivity index (χ2v) is 6.64. The molecule has 0 amide bonds. The van der Waals surface area contributed by atoms with Crippen molar-refractivity contribution in [2.24, 2.45) is 5.10 Å². The van der Waals surface area contributed by atoms with Crippen molar-refractivity contribution < 1.29 is 9.90 Å². The minimum Gasteiger partial charge on any atom is -0.477 e. The molecule has 0 spiro atoms. The van der Waals surface area contributed by atoms with E-state index in [1.807, 2.05) is 30.3 Å². The van der Waals surface area contributed by atoms with Crippen LogP contribution < -0.4 is 5.43 Å². The van der Waals surface area contributed by atoms with Gasteiger partial charge in [0.05, 0.1) is 5.69 Å². The summed E-state index contributed by atoms with van der Waals surface area (Å²) >= 11 is 5.98. The number of rotatable bonds is 6. The number of nitrogens with one attached hydrogen (secondary N) is 1. The maximum Gasteiger partial charge on any atom is 0.351 e. The van der Waals surface area contributed by atoms with E-state index in [-0.39, 0.29) is 5.71 Å². The fourth-order valence-corrected chi connectivity index (χ4v) is 2.95. The Balaban J connectivity index is 1.91. The summed E-state index contributed by atoms with van der Waals surface area (Å²) in [6, 6.07) is 9.35. The summed E-state index contributed by atoms with van der Waals surface area (Å²) in [6.45, 7) is 4.28. The van der Waals surface area contributed by atoms with Crippen LogP contribution >= 0.6 is 11.6 Å². The van der Waals surface area contributed by atoms with Gasteiger partial charge in [0.2, 0.25) is 0 Å². The van der Waals surface area contributed by atoms with Crippen LogP contribution in [0.3, 0.4) is 0 Å². The van der Waals surface area contributed by atoms with E-state index in [0.29, 0.717) is 10.8 Å². The Hall–Kier alpha value is -2.51. The molecule has 3 rings (SSSR count). The molecular weight excluding hydrogens is 354 g/mol. The number of likely N-dealkylation sites (tertiary alicyclic amines) is 1. The van der Waals surface area contributed by atoms with Crippen LogP contribution in [0.1, 0.15) is 25.3 Å². The molecule has 0 aliphatic carbocycles. The van der Waals surface area contributed by atoms with Crippen LogP contribution in [0.4, 0.5) is 5.82 Å². The molecule has 26 heavy (non-hydrogen) atoms. The molecular formula is C18H20ClN5O2. The van der Waals surface area contributed by atoms with Crippen LogP contribution in [0.15, 0.2) is 35.4 Å². The Morgan fingerprint density at radius 1 is 1.27 bits per heavy atom. The number of nitrogens with zero attached hydrogens (tertiary/aromatic N) is 4. The first-order valence-corrected chi connectivity index (χ1v) is 8.79. The second-order valence-electron chi connectivity index (χ2n) is 6.21. The number of carbonyl (C=O) groups is 1. The van der Waals surface area contributed by atoms with E-state index in [1.165, 1.54) is 19.8 Å². The highest BCUT2D eigenvalue weighted by atomic mass is 35.5. The van der Waals surface area contributed by atoms with Crippen molar-refractivity contribution >= 4 is 29.1 Å². The number of anilines is 1. The molecule has 1 aliphatic rings. The standard InChI is InChI=1S/C18H20ClN5O2/c1-12(18(25)26)20-21-16-10-14(11-24-8-2-3-9-24)17(23-22-16)13-4-6-15(19)7-5-13/h4-7,10H,2-3,8-9,11H2,1H3,(H,21,22)(H,25,26). The zero-order valence-corrected chi connectivity index (χ0v) is 15.2. The first kappa shape index (κ1) is 18.3. The number of hydrogen-bond acceptors (Lipinski definition) is 6. The quantitative estimate of drug-likeness (QED) is 0.596.